The number of anilines is 1. The number of nitrogens with one attached hydrogen (secondary N) is 1. The normalized spacial score (nSPS) is 14.1. The third-order valence-electron chi connectivity index (χ3n) is 7.58. The van der Waals surface area contributed by atoms with Gasteiger partial charge < -0.3 is 10.1 Å². The molecule has 1 aliphatic rings. The largest absolute Gasteiger partial charge is 0.449 e. The molecule has 2 aromatic carbocycles. The van der Waals surface area contributed by atoms with E-state index < -0.39 is 18.0 Å². The van der Waals surface area contributed by atoms with E-state index in [2.05, 4.69) is 17.1 Å². The fraction of sp³-hybridized carbons (Fsp3) is 0.355. The third-order valence-corrected chi connectivity index (χ3v) is 7.58. The SMILES string of the molecule is CCCN1CCc2nc3ccccc3c(C(=O)OC(CC)C(=O)Nc3c(C)n(C)n(-c4ccccc4)c3=O)c2C1. The first-order valence-corrected chi connectivity index (χ1v) is 13.8. The first-order valence-electron chi connectivity index (χ1n) is 13.8. The molecule has 0 saturated heterocycles. The Morgan fingerprint density at radius 3 is 2.52 bits per heavy atom. The van der Waals surface area contributed by atoms with Crippen molar-refractivity contribution in [2.24, 2.45) is 7.05 Å². The van der Waals surface area contributed by atoms with Gasteiger partial charge in [-0.15, -0.1) is 0 Å². The summed E-state index contributed by atoms with van der Waals surface area (Å²) in [6.45, 7) is 8.10. The van der Waals surface area contributed by atoms with Crippen molar-refractivity contribution in [2.75, 3.05) is 18.4 Å². The second-order valence-electron chi connectivity index (χ2n) is 10.2. The van der Waals surface area contributed by atoms with Crippen LogP contribution >= 0.6 is 0 Å². The Balaban J connectivity index is 1.44. The van der Waals surface area contributed by atoms with Gasteiger partial charge in [0.25, 0.3) is 11.5 Å². The van der Waals surface area contributed by atoms with E-state index in [4.69, 9.17) is 9.72 Å². The fourth-order valence-electron chi connectivity index (χ4n) is 5.41. The summed E-state index contributed by atoms with van der Waals surface area (Å²) in [5, 5.41) is 3.46. The zero-order valence-electron chi connectivity index (χ0n) is 23.4. The number of esters is 1. The summed E-state index contributed by atoms with van der Waals surface area (Å²) >= 11 is 0. The number of nitrogens with zero attached hydrogens (tertiary/aromatic N) is 4. The van der Waals surface area contributed by atoms with Crippen molar-refractivity contribution < 1.29 is 14.3 Å². The van der Waals surface area contributed by atoms with Crippen molar-refractivity contribution in [1.82, 2.24) is 19.2 Å². The topological polar surface area (TPSA) is 98.5 Å². The molecule has 0 spiro atoms. The van der Waals surface area contributed by atoms with Crippen LogP contribution in [0.1, 0.15) is 54.0 Å². The van der Waals surface area contributed by atoms with Crippen LogP contribution in [0, 0.1) is 6.92 Å². The maximum absolute atomic E-state index is 13.8. The van der Waals surface area contributed by atoms with Gasteiger partial charge in [-0.1, -0.05) is 50.2 Å². The quantitative estimate of drug-likeness (QED) is 0.333. The Bertz CT molecular complexity index is 1620. The highest BCUT2D eigenvalue weighted by molar-refractivity contribution is 6.06. The van der Waals surface area contributed by atoms with Crippen molar-refractivity contribution in [1.29, 1.82) is 0 Å². The third kappa shape index (κ3) is 5.04. The number of hydrogen-bond donors (Lipinski definition) is 1. The molecule has 208 valence electrons. The Hall–Kier alpha value is -4.24. The molecule has 0 fully saturated rings. The molecule has 0 aliphatic carbocycles. The molecule has 1 atom stereocenters. The molecular weight excluding hydrogens is 506 g/mol. The van der Waals surface area contributed by atoms with Crippen LogP contribution < -0.4 is 10.9 Å². The summed E-state index contributed by atoms with van der Waals surface area (Å²) in [5.41, 5.74) is 4.04. The molecule has 4 aromatic rings. The second kappa shape index (κ2) is 11.5. The summed E-state index contributed by atoms with van der Waals surface area (Å²) in [6, 6.07) is 16.8. The molecule has 0 radical (unpaired) electrons. The van der Waals surface area contributed by atoms with Gasteiger partial charge in [-0.2, -0.15) is 0 Å². The summed E-state index contributed by atoms with van der Waals surface area (Å²) in [5.74, 6) is -1.09. The van der Waals surface area contributed by atoms with Crippen molar-refractivity contribution >= 4 is 28.5 Å². The molecule has 1 aliphatic heterocycles. The number of fused-ring (bicyclic) bond motifs is 2. The van der Waals surface area contributed by atoms with Gasteiger partial charge in [0.2, 0.25) is 0 Å². The van der Waals surface area contributed by atoms with E-state index >= 15 is 0 Å². The van der Waals surface area contributed by atoms with Gasteiger partial charge in [-0.05, 0) is 44.5 Å². The molecule has 1 unspecified atom stereocenters. The maximum atomic E-state index is 13.8. The van der Waals surface area contributed by atoms with Crippen molar-refractivity contribution in [3.05, 3.63) is 87.5 Å². The standard InChI is InChI=1S/C31H35N5O4/c1-5-17-35-18-16-25-23(19-35)27(22-14-10-11-15-24(22)32-25)31(39)40-26(6-2)29(37)33-28-20(3)34(4)36(30(28)38)21-12-8-7-9-13-21/h7-15,26H,5-6,16-19H2,1-4H3,(H,33,37). The lowest BCUT2D eigenvalue weighted by atomic mass is 9.95. The zero-order valence-corrected chi connectivity index (χ0v) is 23.4. The molecule has 9 nitrogen and oxygen atoms in total. The van der Waals surface area contributed by atoms with Crippen LogP contribution in [0.25, 0.3) is 16.6 Å². The zero-order chi connectivity index (χ0) is 28.4. The molecule has 5 rings (SSSR count). The number of hydrogen-bond acceptors (Lipinski definition) is 6. The highest BCUT2D eigenvalue weighted by Crippen LogP contribution is 2.29. The summed E-state index contributed by atoms with van der Waals surface area (Å²) < 4.78 is 9.07. The van der Waals surface area contributed by atoms with Gasteiger partial charge in [0.1, 0.15) is 5.69 Å². The Morgan fingerprint density at radius 2 is 1.80 bits per heavy atom. The van der Waals surface area contributed by atoms with Gasteiger partial charge in [0, 0.05) is 43.2 Å². The summed E-state index contributed by atoms with van der Waals surface area (Å²) in [7, 11) is 1.76. The Labute approximate surface area is 233 Å². The van der Waals surface area contributed by atoms with Gasteiger partial charge in [0.05, 0.1) is 22.5 Å². The molecule has 2 aromatic heterocycles. The van der Waals surface area contributed by atoms with Crippen LogP contribution in [0.3, 0.4) is 0 Å². The number of aromatic nitrogens is 3. The highest BCUT2D eigenvalue weighted by atomic mass is 16.5. The van der Waals surface area contributed by atoms with E-state index in [1.54, 1.807) is 25.6 Å². The number of carbonyl (C=O) groups excluding carboxylic acids is 2. The molecule has 1 amide bonds. The molecule has 3 heterocycles. The van der Waals surface area contributed by atoms with Crippen molar-refractivity contribution in [2.45, 2.75) is 52.7 Å². The van der Waals surface area contributed by atoms with E-state index in [-0.39, 0.29) is 17.7 Å². The number of carbonyl (C=O) groups is 2. The number of rotatable bonds is 8. The monoisotopic (exact) mass is 541 g/mol. The van der Waals surface area contributed by atoms with E-state index in [1.807, 2.05) is 54.6 Å². The number of amides is 1. The first kappa shape index (κ1) is 27.3. The molecule has 0 saturated carbocycles. The predicted molar refractivity (Wildman–Crippen MR) is 155 cm³/mol. The molecule has 0 bridgehead atoms. The van der Waals surface area contributed by atoms with Crippen LogP contribution in [0.5, 0.6) is 0 Å². The van der Waals surface area contributed by atoms with Gasteiger partial charge in [-0.3, -0.25) is 24.2 Å². The van der Waals surface area contributed by atoms with Crippen LogP contribution in [0.2, 0.25) is 0 Å². The van der Waals surface area contributed by atoms with Crippen LogP contribution in [-0.4, -0.2) is 50.3 Å². The number of para-hydroxylation sites is 2. The predicted octanol–water partition coefficient (Wildman–Crippen LogP) is 4.37. The van der Waals surface area contributed by atoms with Crippen LogP contribution in [0.4, 0.5) is 5.69 Å². The molecule has 40 heavy (non-hydrogen) atoms. The minimum Gasteiger partial charge on any atom is -0.449 e. The van der Waals surface area contributed by atoms with Crippen molar-refractivity contribution in [3.8, 4) is 5.69 Å². The maximum Gasteiger partial charge on any atom is 0.340 e. The Morgan fingerprint density at radius 1 is 1.07 bits per heavy atom. The summed E-state index contributed by atoms with van der Waals surface area (Å²) in [6.07, 6.45) is 0.941. The summed E-state index contributed by atoms with van der Waals surface area (Å²) in [4.78, 5) is 47.6. The fourth-order valence-corrected chi connectivity index (χ4v) is 5.41. The van der Waals surface area contributed by atoms with Gasteiger partial charge >= 0.3 is 5.97 Å². The number of pyridine rings is 1. The average Bonchev–Trinajstić information content (AvgIpc) is 3.17. The van der Waals surface area contributed by atoms with Gasteiger partial charge in [0.15, 0.2) is 6.10 Å². The second-order valence-corrected chi connectivity index (χ2v) is 10.2. The van der Waals surface area contributed by atoms with E-state index in [0.717, 1.165) is 42.7 Å². The minimum atomic E-state index is -1.07. The van der Waals surface area contributed by atoms with Crippen LogP contribution in [0.15, 0.2) is 59.4 Å². The van der Waals surface area contributed by atoms with Crippen LogP contribution in [-0.2, 0) is 29.5 Å². The first-order chi connectivity index (χ1) is 19.3. The number of ether oxygens (including phenoxy) is 1. The highest BCUT2D eigenvalue weighted by Gasteiger charge is 2.30. The van der Waals surface area contributed by atoms with Crippen molar-refractivity contribution in [3.63, 3.8) is 0 Å². The lowest BCUT2D eigenvalue weighted by Crippen LogP contribution is -2.36. The molecule has 9 heteroatoms. The molecule has 1 N–H and O–H groups in total. The van der Waals surface area contributed by atoms with Gasteiger partial charge in [-0.25, -0.2) is 9.48 Å². The minimum absolute atomic E-state index is 0.160. The average molecular weight is 542 g/mol. The van der Waals surface area contributed by atoms with E-state index in [0.29, 0.717) is 28.9 Å². The smallest absolute Gasteiger partial charge is 0.340 e. The van der Waals surface area contributed by atoms with E-state index in [1.165, 1.54) is 4.68 Å². The lowest BCUT2D eigenvalue weighted by molar-refractivity contribution is -0.124. The number of benzene rings is 2. The van der Waals surface area contributed by atoms with E-state index in [9.17, 15) is 14.4 Å². The molecular formula is C31H35N5O4. The lowest BCUT2D eigenvalue weighted by Gasteiger charge is -2.30. The Kier molecular flexibility index (Phi) is 7.84.